The molecule has 2 fully saturated rings. The lowest BCUT2D eigenvalue weighted by Crippen LogP contribution is -2.57. The number of hydrogen-bond donors (Lipinski definition) is 1. The minimum atomic E-state index is -0.527. The van der Waals surface area contributed by atoms with Crippen molar-refractivity contribution in [3.8, 4) is 0 Å². The lowest BCUT2D eigenvalue weighted by molar-refractivity contribution is -0.133. The van der Waals surface area contributed by atoms with Crippen LogP contribution in [-0.4, -0.2) is 59.9 Å². The molecule has 2 aliphatic heterocycles. The molecule has 0 bridgehead atoms. The van der Waals surface area contributed by atoms with Gasteiger partial charge in [0.2, 0.25) is 5.91 Å². The van der Waals surface area contributed by atoms with Crippen molar-refractivity contribution < 1.29 is 9.59 Å². The molecule has 0 spiro atoms. The zero-order valence-corrected chi connectivity index (χ0v) is 17.7. The molecule has 1 aromatic rings. The van der Waals surface area contributed by atoms with Gasteiger partial charge in [0.1, 0.15) is 0 Å². The van der Waals surface area contributed by atoms with Crippen LogP contribution in [0.5, 0.6) is 0 Å². The molecule has 2 saturated heterocycles. The molecule has 0 aliphatic carbocycles. The van der Waals surface area contributed by atoms with Crippen molar-refractivity contribution in [2.24, 2.45) is 5.41 Å². The van der Waals surface area contributed by atoms with Crippen LogP contribution in [0.2, 0.25) is 0 Å². The molecule has 5 heteroatoms. The van der Waals surface area contributed by atoms with E-state index in [1.165, 1.54) is 19.3 Å². The van der Waals surface area contributed by atoms with Crippen LogP contribution in [0.1, 0.15) is 63.2 Å². The number of rotatable bonds is 5. The van der Waals surface area contributed by atoms with Crippen molar-refractivity contribution in [1.29, 1.82) is 0 Å². The third-order valence-electron chi connectivity index (χ3n) is 6.45. The molecule has 0 aromatic heterocycles. The predicted molar refractivity (Wildman–Crippen MR) is 112 cm³/mol. The summed E-state index contributed by atoms with van der Waals surface area (Å²) in [6.07, 6.45) is 5.47. The van der Waals surface area contributed by atoms with Crippen LogP contribution in [0.25, 0.3) is 0 Å². The Morgan fingerprint density at radius 1 is 1.04 bits per heavy atom. The van der Waals surface area contributed by atoms with Gasteiger partial charge in [-0.15, -0.1) is 0 Å². The molecule has 0 saturated carbocycles. The van der Waals surface area contributed by atoms with E-state index in [4.69, 9.17) is 0 Å². The third kappa shape index (κ3) is 4.75. The molecular formula is C23H35N3O2. The maximum Gasteiger partial charge on any atom is 0.253 e. The summed E-state index contributed by atoms with van der Waals surface area (Å²) in [6.45, 7) is 10.5. The molecule has 28 heavy (non-hydrogen) atoms. The molecule has 1 N–H and O–H groups in total. The molecule has 154 valence electrons. The monoisotopic (exact) mass is 385 g/mol. The van der Waals surface area contributed by atoms with Crippen LogP contribution in [0.3, 0.4) is 0 Å². The highest BCUT2D eigenvalue weighted by Crippen LogP contribution is 2.31. The second kappa shape index (κ2) is 8.64. The van der Waals surface area contributed by atoms with Gasteiger partial charge in [-0.25, -0.2) is 0 Å². The molecular weight excluding hydrogens is 350 g/mol. The number of nitrogens with one attached hydrogen (secondary N) is 1. The highest BCUT2D eigenvalue weighted by Gasteiger charge is 2.40. The third-order valence-corrected chi connectivity index (χ3v) is 6.45. The van der Waals surface area contributed by atoms with Crippen molar-refractivity contribution in [3.63, 3.8) is 0 Å². The van der Waals surface area contributed by atoms with Gasteiger partial charge < -0.3 is 10.2 Å². The number of amides is 2. The standard InChI is InChI=1S/C23H35N3O2/c1-22(2,26-15-8-5-9-16-26)17-24-21(28)23(3)13-10-14-25(18-23)20(27)19-11-6-4-7-12-19/h4,6-7,11-12H,5,8-10,13-18H2,1-3H3,(H,24,28)/t23-/m0/s1. The number of nitrogens with zero attached hydrogens (tertiary/aromatic N) is 2. The van der Waals surface area contributed by atoms with Gasteiger partial charge in [0.25, 0.3) is 5.91 Å². The van der Waals surface area contributed by atoms with Gasteiger partial charge >= 0.3 is 0 Å². The van der Waals surface area contributed by atoms with Crippen molar-refractivity contribution in [1.82, 2.24) is 15.1 Å². The molecule has 0 radical (unpaired) electrons. The van der Waals surface area contributed by atoms with Crippen molar-refractivity contribution >= 4 is 11.8 Å². The van der Waals surface area contributed by atoms with E-state index in [2.05, 4.69) is 24.1 Å². The van der Waals surface area contributed by atoms with Crippen LogP contribution < -0.4 is 5.32 Å². The van der Waals surface area contributed by atoms with E-state index < -0.39 is 5.41 Å². The van der Waals surface area contributed by atoms with Gasteiger partial charge in [-0.2, -0.15) is 0 Å². The van der Waals surface area contributed by atoms with E-state index in [1.807, 2.05) is 42.2 Å². The minimum Gasteiger partial charge on any atom is -0.354 e. The quantitative estimate of drug-likeness (QED) is 0.846. The van der Waals surface area contributed by atoms with E-state index >= 15 is 0 Å². The molecule has 1 aromatic carbocycles. The first-order valence-electron chi connectivity index (χ1n) is 10.7. The lowest BCUT2D eigenvalue weighted by Gasteiger charge is -2.43. The van der Waals surface area contributed by atoms with Gasteiger partial charge in [-0.3, -0.25) is 14.5 Å². The van der Waals surface area contributed by atoms with E-state index in [-0.39, 0.29) is 17.4 Å². The fourth-order valence-corrected chi connectivity index (χ4v) is 4.48. The Balaban J connectivity index is 1.60. The van der Waals surface area contributed by atoms with Gasteiger partial charge in [-0.1, -0.05) is 24.6 Å². The molecule has 2 aliphatic rings. The molecule has 2 heterocycles. The maximum absolute atomic E-state index is 13.1. The van der Waals surface area contributed by atoms with Gasteiger partial charge in [0.15, 0.2) is 0 Å². The molecule has 3 rings (SSSR count). The smallest absolute Gasteiger partial charge is 0.253 e. The summed E-state index contributed by atoms with van der Waals surface area (Å²) < 4.78 is 0. The number of hydrogen-bond acceptors (Lipinski definition) is 3. The zero-order chi connectivity index (χ0) is 20.2. The number of carbonyl (C=O) groups excluding carboxylic acids is 2. The van der Waals surface area contributed by atoms with Crippen LogP contribution in [0, 0.1) is 5.41 Å². The van der Waals surface area contributed by atoms with Crippen LogP contribution in [0.15, 0.2) is 30.3 Å². The summed E-state index contributed by atoms with van der Waals surface area (Å²) in [6, 6.07) is 9.36. The van der Waals surface area contributed by atoms with Gasteiger partial charge in [0, 0.05) is 30.7 Å². The molecule has 5 nitrogen and oxygen atoms in total. The maximum atomic E-state index is 13.1. The summed E-state index contributed by atoms with van der Waals surface area (Å²) in [5.41, 5.74) is 0.125. The average Bonchev–Trinajstić information content (AvgIpc) is 2.73. The van der Waals surface area contributed by atoms with E-state index in [9.17, 15) is 9.59 Å². The summed E-state index contributed by atoms with van der Waals surface area (Å²) >= 11 is 0. The Morgan fingerprint density at radius 3 is 2.39 bits per heavy atom. The first-order chi connectivity index (χ1) is 13.3. The molecule has 1 atom stereocenters. The Kier molecular flexibility index (Phi) is 6.43. The largest absolute Gasteiger partial charge is 0.354 e. The van der Waals surface area contributed by atoms with E-state index in [1.54, 1.807) is 0 Å². The SMILES string of the molecule is CC(C)(CNC(=O)[C@@]1(C)CCCN(C(=O)c2ccccc2)C1)N1CCCCC1. The number of likely N-dealkylation sites (tertiary alicyclic amines) is 2. The molecule has 0 unspecified atom stereocenters. The minimum absolute atomic E-state index is 0.0213. The van der Waals surface area contributed by atoms with Gasteiger partial charge in [0.05, 0.1) is 5.41 Å². The summed E-state index contributed by atoms with van der Waals surface area (Å²) in [7, 11) is 0. The number of carbonyl (C=O) groups is 2. The number of benzene rings is 1. The predicted octanol–water partition coefficient (Wildman–Crippen LogP) is 3.31. The first-order valence-corrected chi connectivity index (χ1v) is 10.7. The van der Waals surface area contributed by atoms with Crippen LogP contribution in [-0.2, 0) is 4.79 Å². The van der Waals surface area contributed by atoms with Crippen molar-refractivity contribution in [2.75, 3.05) is 32.7 Å². The van der Waals surface area contributed by atoms with Crippen molar-refractivity contribution in [2.45, 2.75) is 58.4 Å². The van der Waals surface area contributed by atoms with E-state index in [0.717, 1.165) is 32.5 Å². The number of piperidine rings is 2. The summed E-state index contributed by atoms with van der Waals surface area (Å²) in [4.78, 5) is 30.2. The fraction of sp³-hybridized carbons (Fsp3) is 0.652. The van der Waals surface area contributed by atoms with Gasteiger partial charge in [-0.05, 0) is 71.7 Å². The van der Waals surface area contributed by atoms with Crippen LogP contribution >= 0.6 is 0 Å². The lowest BCUT2D eigenvalue weighted by atomic mass is 9.80. The summed E-state index contributed by atoms with van der Waals surface area (Å²) in [5, 5.41) is 3.21. The second-order valence-corrected chi connectivity index (χ2v) is 9.30. The molecule has 2 amide bonds. The average molecular weight is 386 g/mol. The summed E-state index contributed by atoms with van der Waals surface area (Å²) in [5.74, 6) is 0.0936. The normalized spacial score (nSPS) is 24.0. The fourth-order valence-electron chi connectivity index (χ4n) is 4.48. The van der Waals surface area contributed by atoms with E-state index in [0.29, 0.717) is 18.7 Å². The zero-order valence-electron chi connectivity index (χ0n) is 17.7. The Labute approximate surface area is 169 Å². The van der Waals surface area contributed by atoms with Crippen LogP contribution in [0.4, 0.5) is 0 Å². The Bertz CT molecular complexity index is 682. The first kappa shape index (κ1) is 20.8. The highest BCUT2D eigenvalue weighted by atomic mass is 16.2. The Hall–Kier alpha value is -1.88. The second-order valence-electron chi connectivity index (χ2n) is 9.30. The Morgan fingerprint density at radius 2 is 1.71 bits per heavy atom. The topological polar surface area (TPSA) is 52.7 Å². The highest BCUT2D eigenvalue weighted by molar-refractivity contribution is 5.95. The van der Waals surface area contributed by atoms with Crippen molar-refractivity contribution in [3.05, 3.63) is 35.9 Å².